The van der Waals surface area contributed by atoms with E-state index in [2.05, 4.69) is 4.90 Å². The Balaban J connectivity index is 1.73. The second kappa shape index (κ2) is 4.51. The number of carboxylic acids is 1. The van der Waals surface area contributed by atoms with Gasteiger partial charge in [-0.05, 0) is 24.8 Å². The molecule has 2 atom stereocenters. The zero-order valence-corrected chi connectivity index (χ0v) is 11.6. The summed E-state index contributed by atoms with van der Waals surface area (Å²) in [5.41, 5.74) is -0.471. The van der Waals surface area contributed by atoms with Gasteiger partial charge in [0.1, 0.15) is 0 Å². The Morgan fingerprint density at radius 2 is 2.50 bits per heavy atom. The van der Waals surface area contributed by atoms with Crippen LogP contribution in [0.4, 0.5) is 0 Å². The first-order valence-corrected chi connectivity index (χ1v) is 7.54. The van der Waals surface area contributed by atoms with Crippen molar-refractivity contribution in [2.45, 2.75) is 25.8 Å². The summed E-state index contributed by atoms with van der Waals surface area (Å²) >= 11 is 7.57. The average molecular weight is 286 g/mol. The minimum Gasteiger partial charge on any atom is -0.481 e. The Morgan fingerprint density at radius 1 is 1.67 bits per heavy atom. The predicted octanol–water partition coefficient (Wildman–Crippen LogP) is 3.09. The summed E-state index contributed by atoms with van der Waals surface area (Å²) in [5, 5.41) is 12.2. The number of carboxylic acid groups (broad SMARTS) is 1. The molecule has 1 aliphatic heterocycles. The van der Waals surface area contributed by atoms with Gasteiger partial charge in [-0.25, -0.2) is 0 Å². The second-order valence-corrected chi connectivity index (χ2v) is 6.88. The van der Waals surface area contributed by atoms with E-state index in [-0.39, 0.29) is 0 Å². The maximum absolute atomic E-state index is 11.6. The van der Waals surface area contributed by atoms with Crippen LogP contribution in [0, 0.1) is 11.3 Å². The molecule has 1 aliphatic carbocycles. The van der Waals surface area contributed by atoms with Crippen LogP contribution in [0.25, 0.3) is 0 Å². The van der Waals surface area contributed by atoms with Crippen LogP contribution in [-0.4, -0.2) is 29.1 Å². The summed E-state index contributed by atoms with van der Waals surface area (Å²) in [7, 11) is 0. The molecule has 1 N–H and O–H groups in total. The van der Waals surface area contributed by atoms with E-state index in [0.717, 1.165) is 37.4 Å². The van der Waals surface area contributed by atoms with E-state index in [4.69, 9.17) is 11.6 Å². The predicted molar refractivity (Wildman–Crippen MR) is 72.0 cm³/mol. The minimum atomic E-state index is -0.600. The molecule has 1 saturated heterocycles. The summed E-state index contributed by atoms with van der Waals surface area (Å²) < 4.78 is 0. The lowest BCUT2D eigenvalue weighted by Gasteiger charge is -2.23. The van der Waals surface area contributed by atoms with Crippen molar-refractivity contribution in [1.29, 1.82) is 0 Å². The van der Waals surface area contributed by atoms with Crippen LogP contribution in [0.3, 0.4) is 0 Å². The van der Waals surface area contributed by atoms with E-state index in [9.17, 15) is 9.90 Å². The zero-order chi connectivity index (χ0) is 12.8. The van der Waals surface area contributed by atoms with E-state index in [1.54, 1.807) is 11.3 Å². The Labute approximate surface area is 115 Å². The Bertz CT molecular complexity index is 475. The highest BCUT2D eigenvalue weighted by molar-refractivity contribution is 7.10. The first-order valence-electron chi connectivity index (χ1n) is 6.29. The molecule has 18 heavy (non-hydrogen) atoms. The van der Waals surface area contributed by atoms with E-state index in [1.165, 1.54) is 4.88 Å². The minimum absolute atomic E-state index is 0.338. The van der Waals surface area contributed by atoms with Crippen LogP contribution in [0.2, 0.25) is 5.02 Å². The van der Waals surface area contributed by atoms with Crippen molar-refractivity contribution >= 4 is 28.9 Å². The van der Waals surface area contributed by atoms with Gasteiger partial charge in [0.05, 0.1) is 10.4 Å². The van der Waals surface area contributed by atoms with E-state index >= 15 is 0 Å². The quantitative estimate of drug-likeness (QED) is 0.928. The number of rotatable bonds is 3. The van der Waals surface area contributed by atoms with Gasteiger partial charge in [-0.2, -0.15) is 0 Å². The maximum Gasteiger partial charge on any atom is 0.311 e. The fraction of sp³-hybridized carbons (Fsp3) is 0.615. The van der Waals surface area contributed by atoms with Crippen LogP contribution >= 0.6 is 22.9 Å². The highest BCUT2D eigenvalue weighted by Gasteiger charge is 2.54. The lowest BCUT2D eigenvalue weighted by Crippen LogP contribution is -2.35. The van der Waals surface area contributed by atoms with Crippen LogP contribution in [0.15, 0.2) is 11.4 Å². The van der Waals surface area contributed by atoms with E-state index in [1.807, 2.05) is 11.4 Å². The Morgan fingerprint density at radius 3 is 3.11 bits per heavy atom. The molecule has 0 radical (unpaired) electrons. The number of nitrogens with zero attached hydrogens (tertiary/aromatic N) is 1. The smallest absolute Gasteiger partial charge is 0.311 e. The highest BCUT2D eigenvalue weighted by atomic mass is 35.5. The van der Waals surface area contributed by atoms with Crippen molar-refractivity contribution in [1.82, 2.24) is 4.90 Å². The largest absolute Gasteiger partial charge is 0.481 e. The van der Waals surface area contributed by atoms with Gasteiger partial charge in [0.25, 0.3) is 0 Å². The molecule has 0 bridgehead atoms. The van der Waals surface area contributed by atoms with Gasteiger partial charge >= 0.3 is 5.97 Å². The van der Waals surface area contributed by atoms with Crippen molar-refractivity contribution in [2.24, 2.45) is 11.3 Å². The van der Waals surface area contributed by atoms with Crippen molar-refractivity contribution in [3.8, 4) is 0 Å². The summed E-state index contributed by atoms with van der Waals surface area (Å²) in [6.07, 6.45) is 2.97. The molecule has 0 amide bonds. The molecule has 2 aliphatic rings. The maximum atomic E-state index is 11.6. The van der Waals surface area contributed by atoms with Crippen molar-refractivity contribution in [3.63, 3.8) is 0 Å². The van der Waals surface area contributed by atoms with Crippen LogP contribution in [0.1, 0.15) is 24.1 Å². The molecule has 98 valence electrons. The number of halogens is 1. The van der Waals surface area contributed by atoms with Crippen LogP contribution in [0.5, 0.6) is 0 Å². The highest BCUT2D eigenvalue weighted by Crippen LogP contribution is 2.49. The number of likely N-dealkylation sites (tertiary alicyclic amines) is 1. The van der Waals surface area contributed by atoms with Gasteiger partial charge < -0.3 is 5.11 Å². The molecule has 1 aromatic heterocycles. The Kier molecular flexibility index (Phi) is 3.12. The number of thiophene rings is 1. The normalized spacial score (nSPS) is 31.7. The number of hydrogen-bond acceptors (Lipinski definition) is 3. The van der Waals surface area contributed by atoms with Crippen molar-refractivity contribution < 1.29 is 9.90 Å². The standard InChI is InChI=1S/C13H16ClNO2S/c14-10-4-11(18-7-10)6-15-5-9-2-1-3-13(9,8-15)12(16)17/h4,7,9H,1-3,5-6,8H2,(H,16,17)/t9-,13+/m0/s1. The molecule has 1 aromatic rings. The monoisotopic (exact) mass is 285 g/mol. The number of fused-ring (bicyclic) bond motifs is 1. The zero-order valence-electron chi connectivity index (χ0n) is 10.1. The van der Waals surface area contributed by atoms with Crippen LogP contribution < -0.4 is 0 Å². The number of aliphatic carboxylic acids is 1. The summed E-state index contributed by atoms with van der Waals surface area (Å²) in [5.74, 6) is -0.262. The molecule has 1 saturated carbocycles. The lowest BCUT2D eigenvalue weighted by atomic mass is 9.81. The van der Waals surface area contributed by atoms with Crippen molar-refractivity contribution in [3.05, 3.63) is 21.3 Å². The topological polar surface area (TPSA) is 40.5 Å². The molecule has 3 rings (SSSR count). The molecule has 0 spiro atoms. The van der Waals surface area contributed by atoms with Gasteiger partial charge in [0.2, 0.25) is 0 Å². The molecule has 3 nitrogen and oxygen atoms in total. The van der Waals surface area contributed by atoms with Gasteiger partial charge in [-0.1, -0.05) is 18.0 Å². The summed E-state index contributed by atoms with van der Waals surface area (Å²) in [4.78, 5) is 15.1. The summed E-state index contributed by atoms with van der Waals surface area (Å²) in [6, 6.07) is 1.98. The molecule has 5 heteroatoms. The molecule has 2 heterocycles. The van der Waals surface area contributed by atoms with Gasteiger partial charge in [-0.3, -0.25) is 9.69 Å². The molecule has 0 unspecified atom stereocenters. The van der Waals surface area contributed by atoms with Crippen molar-refractivity contribution in [2.75, 3.05) is 13.1 Å². The first kappa shape index (κ1) is 12.5. The van der Waals surface area contributed by atoms with E-state index in [0.29, 0.717) is 12.5 Å². The second-order valence-electron chi connectivity index (χ2n) is 5.45. The fourth-order valence-electron chi connectivity index (χ4n) is 3.52. The number of carbonyl (C=O) groups is 1. The first-order chi connectivity index (χ1) is 8.60. The SMILES string of the molecule is O=C(O)[C@@]12CCC[C@H]1CN(Cc1cc(Cl)cs1)C2. The van der Waals surface area contributed by atoms with Crippen LogP contribution in [-0.2, 0) is 11.3 Å². The summed E-state index contributed by atoms with van der Waals surface area (Å²) in [6.45, 7) is 2.45. The van der Waals surface area contributed by atoms with Gasteiger partial charge in [0.15, 0.2) is 0 Å². The Hall–Kier alpha value is -0.580. The fourth-order valence-corrected chi connectivity index (χ4v) is 4.63. The average Bonchev–Trinajstić information content (AvgIpc) is 2.93. The van der Waals surface area contributed by atoms with Gasteiger partial charge in [0, 0.05) is 29.9 Å². The van der Waals surface area contributed by atoms with Gasteiger partial charge in [-0.15, -0.1) is 11.3 Å². The molecular weight excluding hydrogens is 270 g/mol. The van der Waals surface area contributed by atoms with E-state index < -0.39 is 11.4 Å². The molecule has 0 aromatic carbocycles. The third-order valence-electron chi connectivity index (χ3n) is 4.37. The third-order valence-corrected chi connectivity index (χ3v) is 5.64. The lowest BCUT2D eigenvalue weighted by molar-refractivity contribution is -0.149. The molecular formula is C13H16ClNO2S. The number of hydrogen-bond donors (Lipinski definition) is 1. The third kappa shape index (κ3) is 1.96. The molecule has 2 fully saturated rings.